The number of aryl methyl sites for hydroxylation is 1. The molecule has 0 fully saturated rings. The summed E-state index contributed by atoms with van der Waals surface area (Å²) in [6, 6.07) is 16.6. The molecule has 4 aromatic rings. The van der Waals surface area contributed by atoms with Gasteiger partial charge in [0.15, 0.2) is 9.84 Å². The van der Waals surface area contributed by atoms with Gasteiger partial charge in [-0.05, 0) is 41.5 Å². The van der Waals surface area contributed by atoms with Crippen molar-refractivity contribution in [2.45, 2.75) is 11.8 Å². The highest BCUT2D eigenvalue weighted by molar-refractivity contribution is 7.90. The molecule has 6 nitrogen and oxygen atoms in total. The second-order valence-electron chi connectivity index (χ2n) is 6.46. The molecule has 28 heavy (non-hydrogen) atoms. The predicted molar refractivity (Wildman–Crippen MR) is 106 cm³/mol. The van der Waals surface area contributed by atoms with Crippen molar-refractivity contribution < 1.29 is 12.8 Å². The molecule has 4 rings (SSSR count). The zero-order valence-electron chi connectivity index (χ0n) is 15.3. The number of sulfone groups is 1. The molecule has 2 aromatic heterocycles. The molecule has 2 aromatic carbocycles. The van der Waals surface area contributed by atoms with Gasteiger partial charge in [0.25, 0.3) is 0 Å². The summed E-state index contributed by atoms with van der Waals surface area (Å²) in [4.78, 5) is 4.63. The highest BCUT2D eigenvalue weighted by Gasteiger charge is 2.09. The van der Waals surface area contributed by atoms with Gasteiger partial charge in [-0.2, -0.15) is 0 Å². The van der Waals surface area contributed by atoms with E-state index in [1.807, 2.05) is 30.3 Å². The smallest absolute Gasteiger partial charge is 0.247 e. The molecular formula is C21H17N3O3S. The summed E-state index contributed by atoms with van der Waals surface area (Å²) in [5.41, 5.74) is 4.62. The number of nitrogens with zero attached hydrogens (tertiary/aromatic N) is 3. The molecule has 0 aliphatic rings. The summed E-state index contributed by atoms with van der Waals surface area (Å²) in [7, 11) is -3.21. The fourth-order valence-corrected chi connectivity index (χ4v) is 3.50. The van der Waals surface area contributed by atoms with Gasteiger partial charge in [-0.15, -0.1) is 10.2 Å². The van der Waals surface area contributed by atoms with E-state index in [-0.39, 0.29) is 0 Å². The fourth-order valence-electron chi connectivity index (χ4n) is 2.87. The van der Waals surface area contributed by atoms with Crippen molar-refractivity contribution in [3.63, 3.8) is 0 Å². The third kappa shape index (κ3) is 3.70. The Morgan fingerprint density at radius 3 is 1.79 bits per heavy atom. The second kappa shape index (κ2) is 7.01. The van der Waals surface area contributed by atoms with Crippen molar-refractivity contribution in [1.29, 1.82) is 0 Å². The molecule has 0 radical (unpaired) electrons. The Bertz CT molecular complexity index is 1230. The largest absolute Gasteiger partial charge is 0.421 e. The highest BCUT2D eigenvalue weighted by Crippen LogP contribution is 2.28. The number of rotatable bonds is 4. The molecule has 0 N–H and O–H groups in total. The molecule has 0 saturated carbocycles. The van der Waals surface area contributed by atoms with E-state index in [2.05, 4.69) is 15.2 Å². The van der Waals surface area contributed by atoms with E-state index in [1.54, 1.807) is 43.6 Å². The zero-order chi connectivity index (χ0) is 19.7. The molecule has 0 aliphatic carbocycles. The Labute approximate surface area is 162 Å². The van der Waals surface area contributed by atoms with Crippen LogP contribution in [0.3, 0.4) is 0 Å². The number of pyridine rings is 1. The highest BCUT2D eigenvalue weighted by atomic mass is 32.2. The monoisotopic (exact) mass is 391 g/mol. The first kappa shape index (κ1) is 18.1. The van der Waals surface area contributed by atoms with Crippen molar-refractivity contribution in [3.05, 3.63) is 72.9 Å². The van der Waals surface area contributed by atoms with Crippen LogP contribution in [0, 0.1) is 6.92 Å². The fraction of sp³-hybridized carbons (Fsp3) is 0.0952. The first-order valence-corrected chi connectivity index (χ1v) is 10.5. The Hall–Kier alpha value is -3.32. The Morgan fingerprint density at radius 2 is 1.29 bits per heavy atom. The third-order valence-electron chi connectivity index (χ3n) is 4.35. The van der Waals surface area contributed by atoms with E-state index < -0.39 is 9.84 Å². The Balaban J connectivity index is 1.63. The SMILES string of the molecule is Cc1nnc(-c2ccc(-c3cncc(-c4ccc(S(C)(=O)=O)cc4)c3)cc2)o1. The molecule has 0 saturated heterocycles. The number of hydrogen-bond acceptors (Lipinski definition) is 6. The summed E-state index contributed by atoms with van der Waals surface area (Å²) < 4.78 is 28.7. The van der Waals surface area contributed by atoms with Gasteiger partial charge < -0.3 is 4.42 Å². The minimum Gasteiger partial charge on any atom is -0.421 e. The van der Waals surface area contributed by atoms with Crippen LogP contribution in [-0.4, -0.2) is 29.9 Å². The van der Waals surface area contributed by atoms with Gasteiger partial charge in [-0.1, -0.05) is 24.3 Å². The van der Waals surface area contributed by atoms with E-state index >= 15 is 0 Å². The molecule has 0 spiro atoms. The van der Waals surface area contributed by atoms with E-state index in [4.69, 9.17) is 4.42 Å². The van der Waals surface area contributed by atoms with Gasteiger partial charge in [-0.25, -0.2) is 8.42 Å². The maximum absolute atomic E-state index is 11.6. The minimum atomic E-state index is -3.21. The van der Waals surface area contributed by atoms with Gasteiger partial charge in [0.05, 0.1) is 4.90 Å². The molecule has 2 heterocycles. The Morgan fingerprint density at radius 1 is 0.750 bits per heavy atom. The van der Waals surface area contributed by atoms with Crippen LogP contribution in [0.15, 0.2) is 76.3 Å². The topological polar surface area (TPSA) is 86.0 Å². The lowest BCUT2D eigenvalue weighted by Crippen LogP contribution is -1.96. The van der Waals surface area contributed by atoms with Gasteiger partial charge in [0.1, 0.15) is 0 Å². The van der Waals surface area contributed by atoms with E-state index in [0.717, 1.165) is 27.8 Å². The van der Waals surface area contributed by atoms with Crippen LogP contribution in [0.1, 0.15) is 5.89 Å². The second-order valence-corrected chi connectivity index (χ2v) is 8.48. The normalized spacial score (nSPS) is 11.5. The molecule has 0 amide bonds. The molecular weight excluding hydrogens is 374 g/mol. The van der Waals surface area contributed by atoms with Gasteiger partial charge >= 0.3 is 0 Å². The van der Waals surface area contributed by atoms with Gasteiger partial charge in [-0.3, -0.25) is 4.98 Å². The molecule has 7 heteroatoms. The van der Waals surface area contributed by atoms with Crippen LogP contribution in [0.5, 0.6) is 0 Å². The van der Waals surface area contributed by atoms with Gasteiger partial charge in [0, 0.05) is 42.3 Å². The van der Waals surface area contributed by atoms with Crippen molar-refractivity contribution in [2.24, 2.45) is 0 Å². The lowest BCUT2D eigenvalue weighted by Gasteiger charge is -2.07. The van der Waals surface area contributed by atoms with Crippen LogP contribution in [0.25, 0.3) is 33.7 Å². The van der Waals surface area contributed by atoms with Crippen molar-refractivity contribution in [2.75, 3.05) is 6.26 Å². The summed E-state index contributed by atoms with van der Waals surface area (Å²) in [5.74, 6) is 1.01. The molecule has 0 unspecified atom stereocenters. The van der Waals surface area contributed by atoms with Crippen molar-refractivity contribution in [3.8, 4) is 33.7 Å². The van der Waals surface area contributed by atoms with Gasteiger partial charge in [0.2, 0.25) is 11.8 Å². The van der Waals surface area contributed by atoms with E-state index in [9.17, 15) is 8.42 Å². The Kier molecular flexibility index (Phi) is 4.52. The number of aromatic nitrogens is 3. The average Bonchev–Trinajstić information content (AvgIpc) is 3.14. The van der Waals surface area contributed by atoms with Crippen LogP contribution >= 0.6 is 0 Å². The summed E-state index contributed by atoms with van der Waals surface area (Å²) in [6.45, 7) is 1.75. The zero-order valence-corrected chi connectivity index (χ0v) is 16.1. The maximum atomic E-state index is 11.6. The average molecular weight is 391 g/mol. The predicted octanol–water partition coefficient (Wildman–Crippen LogP) is 4.18. The maximum Gasteiger partial charge on any atom is 0.247 e. The van der Waals surface area contributed by atoms with Crippen LogP contribution in [0.4, 0.5) is 0 Å². The first-order valence-electron chi connectivity index (χ1n) is 8.57. The van der Waals surface area contributed by atoms with Crippen LogP contribution < -0.4 is 0 Å². The van der Waals surface area contributed by atoms with E-state index in [0.29, 0.717) is 16.7 Å². The standard InChI is InChI=1S/C21H17N3O3S/c1-14-23-24-21(27-14)17-5-3-15(4-6-17)18-11-19(13-22-12-18)16-7-9-20(10-8-16)28(2,25)26/h3-13H,1-2H3. The van der Waals surface area contributed by atoms with Crippen LogP contribution in [-0.2, 0) is 9.84 Å². The molecule has 0 bridgehead atoms. The molecule has 0 aliphatic heterocycles. The molecule has 0 atom stereocenters. The summed E-state index contributed by atoms with van der Waals surface area (Å²) in [6.07, 6.45) is 4.75. The van der Waals surface area contributed by atoms with Crippen molar-refractivity contribution in [1.82, 2.24) is 15.2 Å². The minimum absolute atomic E-state index is 0.298. The van der Waals surface area contributed by atoms with Crippen LogP contribution in [0.2, 0.25) is 0 Å². The quantitative estimate of drug-likeness (QED) is 0.519. The number of hydrogen-bond donors (Lipinski definition) is 0. The summed E-state index contributed by atoms with van der Waals surface area (Å²) >= 11 is 0. The third-order valence-corrected chi connectivity index (χ3v) is 5.47. The lowest BCUT2D eigenvalue weighted by molar-refractivity contribution is 0.533. The number of benzene rings is 2. The van der Waals surface area contributed by atoms with Crippen molar-refractivity contribution >= 4 is 9.84 Å². The first-order chi connectivity index (χ1) is 13.4. The summed E-state index contributed by atoms with van der Waals surface area (Å²) in [5, 5.41) is 7.87. The molecule has 140 valence electrons. The lowest BCUT2D eigenvalue weighted by atomic mass is 10.0. The van der Waals surface area contributed by atoms with E-state index in [1.165, 1.54) is 6.26 Å².